The first-order valence-corrected chi connectivity index (χ1v) is 5.19. The Morgan fingerprint density at radius 2 is 2.19 bits per heavy atom. The number of morpholine rings is 1. The lowest BCUT2D eigenvalue weighted by molar-refractivity contribution is 0.0298. The van der Waals surface area contributed by atoms with Gasteiger partial charge in [0.1, 0.15) is 5.69 Å². The summed E-state index contributed by atoms with van der Waals surface area (Å²) in [5, 5.41) is 0. The number of methoxy groups -OCH3 is 1. The van der Waals surface area contributed by atoms with Crippen LogP contribution < -0.4 is 4.74 Å². The molecular formula is C11H14N2O3. The lowest BCUT2D eigenvalue weighted by atomic mass is 10.3. The van der Waals surface area contributed by atoms with Gasteiger partial charge in [-0.25, -0.2) is 4.98 Å². The minimum atomic E-state index is -0.0674. The number of carbonyl (C=O) groups excluding carboxylic acids is 1. The average molecular weight is 222 g/mol. The summed E-state index contributed by atoms with van der Waals surface area (Å²) in [5.74, 6) is 0.390. The van der Waals surface area contributed by atoms with Crippen molar-refractivity contribution in [2.75, 3.05) is 33.4 Å². The summed E-state index contributed by atoms with van der Waals surface area (Å²) < 4.78 is 10.2. The predicted octanol–water partition coefficient (Wildman–Crippen LogP) is 0.563. The van der Waals surface area contributed by atoms with E-state index in [2.05, 4.69) is 4.98 Å². The molecule has 0 bridgehead atoms. The molecule has 1 fully saturated rings. The van der Waals surface area contributed by atoms with E-state index in [0.717, 1.165) is 0 Å². The fraction of sp³-hybridized carbons (Fsp3) is 0.455. The van der Waals surface area contributed by atoms with Crippen molar-refractivity contribution >= 4 is 5.91 Å². The van der Waals surface area contributed by atoms with Crippen LogP contribution in [0.2, 0.25) is 0 Å². The van der Waals surface area contributed by atoms with E-state index in [1.165, 1.54) is 7.11 Å². The Morgan fingerprint density at radius 1 is 1.44 bits per heavy atom. The molecule has 2 heterocycles. The molecule has 0 aromatic carbocycles. The number of amides is 1. The van der Waals surface area contributed by atoms with Crippen molar-refractivity contribution in [1.29, 1.82) is 0 Å². The molecule has 0 aliphatic carbocycles. The molecule has 1 aliphatic heterocycles. The van der Waals surface area contributed by atoms with Crippen molar-refractivity contribution in [3.8, 4) is 5.88 Å². The first-order chi connectivity index (χ1) is 7.81. The van der Waals surface area contributed by atoms with Crippen LogP contribution in [0, 0.1) is 0 Å². The molecule has 5 heteroatoms. The average Bonchev–Trinajstić information content (AvgIpc) is 2.39. The zero-order chi connectivity index (χ0) is 11.4. The SMILES string of the molecule is COc1cccc(C(=O)N2CCOCC2)n1. The van der Waals surface area contributed by atoms with Gasteiger partial charge in [-0.2, -0.15) is 0 Å². The molecule has 16 heavy (non-hydrogen) atoms. The fourth-order valence-electron chi connectivity index (χ4n) is 1.58. The van der Waals surface area contributed by atoms with Crippen LogP contribution in [-0.4, -0.2) is 49.2 Å². The van der Waals surface area contributed by atoms with Crippen LogP contribution >= 0.6 is 0 Å². The fourth-order valence-corrected chi connectivity index (χ4v) is 1.58. The van der Waals surface area contributed by atoms with Crippen LogP contribution in [0.3, 0.4) is 0 Å². The number of pyridine rings is 1. The van der Waals surface area contributed by atoms with Crippen molar-refractivity contribution in [2.45, 2.75) is 0 Å². The molecule has 1 saturated heterocycles. The van der Waals surface area contributed by atoms with Gasteiger partial charge < -0.3 is 14.4 Å². The molecule has 0 atom stereocenters. The highest BCUT2D eigenvalue weighted by Crippen LogP contribution is 2.10. The van der Waals surface area contributed by atoms with Crippen LogP contribution in [0.1, 0.15) is 10.5 Å². The third-order valence-corrected chi connectivity index (χ3v) is 2.45. The van der Waals surface area contributed by atoms with Gasteiger partial charge in [0.25, 0.3) is 5.91 Å². The van der Waals surface area contributed by atoms with Crippen LogP contribution in [0.5, 0.6) is 5.88 Å². The molecule has 0 N–H and O–H groups in total. The lowest BCUT2D eigenvalue weighted by Crippen LogP contribution is -2.41. The second-order valence-corrected chi connectivity index (χ2v) is 3.47. The summed E-state index contributed by atoms with van der Waals surface area (Å²) >= 11 is 0. The van der Waals surface area contributed by atoms with Gasteiger partial charge >= 0.3 is 0 Å². The van der Waals surface area contributed by atoms with Gasteiger partial charge in [-0.15, -0.1) is 0 Å². The van der Waals surface area contributed by atoms with Gasteiger partial charge in [0.05, 0.1) is 20.3 Å². The third kappa shape index (κ3) is 2.30. The number of hydrogen-bond donors (Lipinski definition) is 0. The Balaban J connectivity index is 2.12. The molecule has 1 amide bonds. The molecular weight excluding hydrogens is 208 g/mol. The predicted molar refractivity (Wildman–Crippen MR) is 57.5 cm³/mol. The molecule has 1 aromatic rings. The van der Waals surface area contributed by atoms with E-state index in [9.17, 15) is 4.79 Å². The molecule has 86 valence electrons. The number of rotatable bonds is 2. The lowest BCUT2D eigenvalue weighted by Gasteiger charge is -2.26. The maximum atomic E-state index is 12.0. The Morgan fingerprint density at radius 3 is 2.88 bits per heavy atom. The Hall–Kier alpha value is -1.62. The van der Waals surface area contributed by atoms with Gasteiger partial charge in [-0.05, 0) is 6.07 Å². The van der Waals surface area contributed by atoms with E-state index >= 15 is 0 Å². The zero-order valence-corrected chi connectivity index (χ0v) is 9.18. The van der Waals surface area contributed by atoms with E-state index < -0.39 is 0 Å². The number of hydrogen-bond acceptors (Lipinski definition) is 4. The normalized spacial score (nSPS) is 15.9. The number of carbonyl (C=O) groups is 1. The highest BCUT2D eigenvalue weighted by Gasteiger charge is 2.19. The quantitative estimate of drug-likeness (QED) is 0.733. The maximum Gasteiger partial charge on any atom is 0.272 e. The van der Waals surface area contributed by atoms with Gasteiger partial charge in [-0.1, -0.05) is 6.07 Å². The monoisotopic (exact) mass is 222 g/mol. The Labute approximate surface area is 94.0 Å². The number of nitrogens with zero attached hydrogens (tertiary/aromatic N) is 2. The van der Waals surface area contributed by atoms with Crippen LogP contribution in [0.4, 0.5) is 0 Å². The first kappa shape index (κ1) is 10.9. The largest absolute Gasteiger partial charge is 0.481 e. The summed E-state index contributed by atoms with van der Waals surface area (Å²) in [6, 6.07) is 5.18. The molecule has 0 unspecified atom stereocenters. The Kier molecular flexibility index (Phi) is 3.36. The van der Waals surface area contributed by atoms with Crippen molar-refractivity contribution in [1.82, 2.24) is 9.88 Å². The summed E-state index contributed by atoms with van der Waals surface area (Å²) in [7, 11) is 1.53. The van der Waals surface area contributed by atoms with Crippen molar-refractivity contribution in [3.63, 3.8) is 0 Å². The summed E-state index contributed by atoms with van der Waals surface area (Å²) in [6.07, 6.45) is 0. The van der Waals surface area contributed by atoms with Gasteiger partial charge in [0, 0.05) is 19.2 Å². The molecule has 1 aliphatic rings. The number of ether oxygens (including phenoxy) is 2. The molecule has 0 spiro atoms. The molecule has 2 rings (SSSR count). The van der Waals surface area contributed by atoms with Crippen molar-refractivity contribution in [3.05, 3.63) is 23.9 Å². The third-order valence-electron chi connectivity index (χ3n) is 2.45. The summed E-state index contributed by atoms with van der Waals surface area (Å²) in [6.45, 7) is 2.43. The minimum absolute atomic E-state index is 0.0674. The standard InChI is InChI=1S/C11H14N2O3/c1-15-10-4-2-3-9(12-10)11(14)13-5-7-16-8-6-13/h2-4H,5-8H2,1H3. The van der Waals surface area contributed by atoms with Gasteiger partial charge in [0.2, 0.25) is 5.88 Å². The smallest absolute Gasteiger partial charge is 0.272 e. The van der Waals surface area contributed by atoms with Gasteiger partial charge in [0.15, 0.2) is 0 Å². The van der Waals surface area contributed by atoms with Crippen LogP contribution in [-0.2, 0) is 4.74 Å². The van der Waals surface area contributed by atoms with Gasteiger partial charge in [-0.3, -0.25) is 4.79 Å². The molecule has 1 aromatic heterocycles. The Bertz CT molecular complexity index is 375. The minimum Gasteiger partial charge on any atom is -0.481 e. The topological polar surface area (TPSA) is 51.7 Å². The molecule has 5 nitrogen and oxygen atoms in total. The highest BCUT2D eigenvalue weighted by molar-refractivity contribution is 5.92. The van der Waals surface area contributed by atoms with Crippen molar-refractivity contribution in [2.24, 2.45) is 0 Å². The molecule has 0 saturated carbocycles. The second-order valence-electron chi connectivity index (χ2n) is 3.47. The highest BCUT2D eigenvalue weighted by atomic mass is 16.5. The first-order valence-electron chi connectivity index (χ1n) is 5.19. The second kappa shape index (κ2) is 4.94. The maximum absolute atomic E-state index is 12.0. The zero-order valence-electron chi connectivity index (χ0n) is 9.18. The number of aromatic nitrogens is 1. The van der Waals surface area contributed by atoms with Crippen molar-refractivity contribution < 1.29 is 14.3 Å². The van der Waals surface area contributed by atoms with E-state index in [1.54, 1.807) is 23.1 Å². The van der Waals surface area contributed by atoms with E-state index in [4.69, 9.17) is 9.47 Å². The van der Waals surface area contributed by atoms with Crippen LogP contribution in [0.25, 0.3) is 0 Å². The van der Waals surface area contributed by atoms with Crippen LogP contribution in [0.15, 0.2) is 18.2 Å². The summed E-state index contributed by atoms with van der Waals surface area (Å²) in [4.78, 5) is 17.9. The van der Waals surface area contributed by atoms with E-state index in [0.29, 0.717) is 37.9 Å². The molecule has 0 radical (unpaired) electrons. The van der Waals surface area contributed by atoms with E-state index in [1.807, 2.05) is 0 Å². The van der Waals surface area contributed by atoms with E-state index in [-0.39, 0.29) is 5.91 Å². The summed E-state index contributed by atoms with van der Waals surface area (Å²) in [5.41, 5.74) is 0.418.